The molecule has 0 N–H and O–H groups in total. The van der Waals surface area contributed by atoms with Gasteiger partial charge in [0.1, 0.15) is 0 Å². The maximum Gasteiger partial charge on any atom is 0.205 e. The highest BCUT2D eigenvalue weighted by molar-refractivity contribution is 7.24. The molecule has 2 nitrogen and oxygen atoms in total. The lowest BCUT2D eigenvalue weighted by molar-refractivity contribution is 0.0988. The lowest BCUT2D eigenvalue weighted by atomic mass is 9.91. The molecule has 0 fully saturated rings. The molecule has 0 atom stereocenters. The van der Waals surface area contributed by atoms with Gasteiger partial charge in [-0.05, 0) is 12.1 Å². The normalized spacial score (nSPS) is 13.6. The number of ketones is 2. The standard InChI is InChI=1S/C18H8O2S2/c19-15-13-9-5-1-3-7-11(9)21-17(13)16(20)14-10-6-2-4-8-12(10)22-18(14)15/h1-8H. The van der Waals surface area contributed by atoms with Crippen molar-refractivity contribution in [2.24, 2.45) is 0 Å². The second-order valence-corrected chi connectivity index (χ2v) is 7.37. The van der Waals surface area contributed by atoms with Crippen LogP contribution in [-0.2, 0) is 0 Å². The largest absolute Gasteiger partial charge is 0.288 e. The molecule has 22 heavy (non-hydrogen) atoms. The van der Waals surface area contributed by atoms with E-state index in [9.17, 15) is 9.59 Å². The fourth-order valence-electron chi connectivity index (χ4n) is 3.09. The van der Waals surface area contributed by atoms with Gasteiger partial charge in [0.15, 0.2) is 0 Å². The lowest BCUT2D eigenvalue weighted by Crippen LogP contribution is -2.16. The third-order valence-corrected chi connectivity index (χ3v) is 6.40. The molecule has 0 amide bonds. The Morgan fingerprint density at radius 2 is 1.00 bits per heavy atom. The van der Waals surface area contributed by atoms with E-state index < -0.39 is 0 Å². The smallest absolute Gasteiger partial charge is 0.205 e. The van der Waals surface area contributed by atoms with Crippen LogP contribution in [0.4, 0.5) is 0 Å². The number of fused-ring (bicyclic) bond motifs is 6. The van der Waals surface area contributed by atoms with Gasteiger partial charge >= 0.3 is 0 Å². The molecule has 0 saturated carbocycles. The van der Waals surface area contributed by atoms with Crippen LogP contribution >= 0.6 is 22.7 Å². The Labute approximate surface area is 133 Å². The fourth-order valence-corrected chi connectivity index (χ4v) is 5.38. The molecule has 1 aliphatic carbocycles. The van der Waals surface area contributed by atoms with E-state index in [1.54, 1.807) is 0 Å². The van der Waals surface area contributed by atoms with Gasteiger partial charge in [0, 0.05) is 20.2 Å². The first-order valence-electron chi connectivity index (χ1n) is 6.88. The Bertz CT molecular complexity index is 1020. The third kappa shape index (κ3) is 1.39. The van der Waals surface area contributed by atoms with Crippen molar-refractivity contribution in [1.29, 1.82) is 0 Å². The molecule has 0 unspecified atom stereocenters. The highest BCUT2D eigenvalue weighted by Gasteiger charge is 2.36. The van der Waals surface area contributed by atoms with Gasteiger partial charge in [-0.2, -0.15) is 0 Å². The van der Waals surface area contributed by atoms with Crippen molar-refractivity contribution in [2.45, 2.75) is 0 Å². The summed E-state index contributed by atoms with van der Waals surface area (Å²) in [5.41, 5.74) is 1.18. The highest BCUT2D eigenvalue weighted by atomic mass is 32.1. The Hall–Kier alpha value is -2.30. The van der Waals surface area contributed by atoms with E-state index in [1.807, 2.05) is 48.5 Å². The predicted molar refractivity (Wildman–Crippen MR) is 90.5 cm³/mol. The molecule has 0 spiro atoms. The van der Waals surface area contributed by atoms with Gasteiger partial charge in [-0.1, -0.05) is 36.4 Å². The number of carbonyl (C=O) groups is 2. The van der Waals surface area contributed by atoms with E-state index in [0.29, 0.717) is 20.9 Å². The molecule has 2 aromatic carbocycles. The topological polar surface area (TPSA) is 34.1 Å². The zero-order valence-corrected chi connectivity index (χ0v) is 12.9. The molecule has 5 rings (SSSR count). The van der Waals surface area contributed by atoms with Crippen LogP contribution < -0.4 is 0 Å². The molecule has 4 aromatic rings. The first kappa shape index (κ1) is 12.3. The zero-order valence-electron chi connectivity index (χ0n) is 11.3. The van der Waals surface area contributed by atoms with Gasteiger partial charge < -0.3 is 0 Å². The molecule has 2 heterocycles. The summed E-state index contributed by atoms with van der Waals surface area (Å²) in [6, 6.07) is 15.5. The van der Waals surface area contributed by atoms with Crippen LogP contribution in [0.15, 0.2) is 48.5 Å². The molecule has 104 valence electrons. The van der Waals surface area contributed by atoms with E-state index in [1.165, 1.54) is 22.7 Å². The average Bonchev–Trinajstić information content (AvgIpc) is 3.12. The quantitative estimate of drug-likeness (QED) is 0.407. The number of rotatable bonds is 0. The zero-order chi connectivity index (χ0) is 14.8. The summed E-state index contributed by atoms with van der Waals surface area (Å²) in [4.78, 5) is 27.1. The molecule has 0 saturated heterocycles. The fraction of sp³-hybridized carbons (Fsp3) is 0. The van der Waals surface area contributed by atoms with Gasteiger partial charge in [0.05, 0.1) is 20.9 Å². The summed E-state index contributed by atoms with van der Waals surface area (Å²) in [6.07, 6.45) is 0. The van der Waals surface area contributed by atoms with Crippen LogP contribution in [0, 0.1) is 0 Å². The van der Waals surface area contributed by atoms with Crippen molar-refractivity contribution in [3.8, 4) is 0 Å². The van der Waals surface area contributed by atoms with Crippen LogP contribution in [0.25, 0.3) is 20.2 Å². The third-order valence-electron chi connectivity index (χ3n) is 4.06. The maximum absolute atomic E-state index is 13.0. The molecular formula is C18H8O2S2. The first-order valence-corrected chi connectivity index (χ1v) is 8.51. The SMILES string of the molecule is O=C1c2sc3ccccc3c2C(=O)c2sc3ccccc3c21. The molecule has 2 aromatic heterocycles. The van der Waals surface area contributed by atoms with Crippen LogP contribution in [0.1, 0.15) is 30.5 Å². The monoisotopic (exact) mass is 320 g/mol. The number of thiophene rings is 2. The molecule has 0 aliphatic heterocycles. The van der Waals surface area contributed by atoms with Crippen LogP contribution in [0.2, 0.25) is 0 Å². The summed E-state index contributed by atoms with van der Waals surface area (Å²) in [5, 5.41) is 1.79. The van der Waals surface area contributed by atoms with Crippen molar-refractivity contribution < 1.29 is 9.59 Å². The van der Waals surface area contributed by atoms with Crippen LogP contribution in [-0.4, -0.2) is 11.6 Å². The Morgan fingerprint density at radius 3 is 1.45 bits per heavy atom. The summed E-state index contributed by atoms with van der Waals surface area (Å²) >= 11 is 2.84. The Morgan fingerprint density at radius 1 is 0.591 bits per heavy atom. The molecule has 1 aliphatic rings. The number of hydrogen-bond donors (Lipinski definition) is 0. The van der Waals surface area contributed by atoms with Gasteiger partial charge in [-0.3, -0.25) is 9.59 Å². The van der Waals surface area contributed by atoms with E-state index in [4.69, 9.17) is 0 Å². The summed E-state index contributed by atoms with van der Waals surface area (Å²) in [7, 11) is 0. The number of benzene rings is 2. The van der Waals surface area contributed by atoms with Crippen molar-refractivity contribution >= 4 is 54.4 Å². The highest BCUT2D eigenvalue weighted by Crippen LogP contribution is 2.43. The van der Waals surface area contributed by atoms with Crippen LogP contribution in [0.5, 0.6) is 0 Å². The second-order valence-electron chi connectivity index (χ2n) is 5.26. The minimum Gasteiger partial charge on any atom is -0.288 e. The van der Waals surface area contributed by atoms with Crippen molar-refractivity contribution in [1.82, 2.24) is 0 Å². The van der Waals surface area contributed by atoms with E-state index >= 15 is 0 Å². The minimum atomic E-state index is -0.0109. The molecular weight excluding hydrogens is 312 g/mol. The second kappa shape index (κ2) is 4.12. The van der Waals surface area contributed by atoms with Crippen molar-refractivity contribution in [3.05, 3.63) is 69.4 Å². The molecule has 0 radical (unpaired) electrons. The van der Waals surface area contributed by atoms with E-state index in [2.05, 4.69) is 0 Å². The summed E-state index contributed by atoms with van der Waals surface area (Å²) < 4.78 is 1.99. The van der Waals surface area contributed by atoms with E-state index in [-0.39, 0.29) is 11.6 Å². The molecule has 0 bridgehead atoms. The van der Waals surface area contributed by atoms with Gasteiger partial charge in [0.2, 0.25) is 11.6 Å². The predicted octanol–water partition coefficient (Wildman–Crippen LogP) is 4.89. The lowest BCUT2D eigenvalue weighted by Gasteiger charge is -2.10. The number of hydrogen-bond acceptors (Lipinski definition) is 4. The average molecular weight is 320 g/mol. The molecule has 4 heteroatoms. The first-order chi connectivity index (χ1) is 10.8. The summed E-state index contributed by atoms with van der Waals surface area (Å²) in [5.74, 6) is -0.0218. The minimum absolute atomic E-state index is 0.0109. The van der Waals surface area contributed by atoms with Crippen molar-refractivity contribution in [2.75, 3.05) is 0 Å². The maximum atomic E-state index is 13.0. The van der Waals surface area contributed by atoms with Gasteiger partial charge in [-0.25, -0.2) is 0 Å². The van der Waals surface area contributed by atoms with Crippen LogP contribution in [0.3, 0.4) is 0 Å². The van der Waals surface area contributed by atoms with E-state index in [0.717, 1.165) is 20.2 Å². The van der Waals surface area contributed by atoms with Gasteiger partial charge in [-0.15, -0.1) is 22.7 Å². The number of carbonyl (C=O) groups excluding carboxylic acids is 2. The van der Waals surface area contributed by atoms with Gasteiger partial charge in [0.25, 0.3) is 0 Å². The Kier molecular flexibility index (Phi) is 2.30. The van der Waals surface area contributed by atoms with Crippen molar-refractivity contribution in [3.63, 3.8) is 0 Å². The Balaban J connectivity index is 1.93. The summed E-state index contributed by atoms with van der Waals surface area (Å²) in [6.45, 7) is 0.